The van der Waals surface area contributed by atoms with E-state index in [4.69, 9.17) is 13.9 Å². The fourth-order valence-corrected chi connectivity index (χ4v) is 5.43. The molecule has 1 unspecified atom stereocenters. The summed E-state index contributed by atoms with van der Waals surface area (Å²) in [5, 5.41) is 0.163. The second-order valence-electron chi connectivity index (χ2n) is 10.9. The van der Waals surface area contributed by atoms with Gasteiger partial charge in [-0.1, -0.05) is 47.5 Å². The molecule has 2 atom stereocenters. The van der Waals surface area contributed by atoms with Gasteiger partial charge in [0.15, 0.2) is 8.32 Å². The van der Waals surface area contributed by atoms with Crippen molar-refractivity contribution in [2.75, 3.05) is 25.4 Å². The highest BCUT2D eigenvalue weighted by Gasteiger charge is 2.40. The first-order valence-corrected chi connectivity index (χ1v) is 16.6. The largest absolute Gasteiger partial charge is 0.458 e. The Balaban J connectivity index is 2.09. The second-order valence-corrected chi connectivity index (χ2v) is 16.6. The Kier molecular flexibility index (Phi) is 10.3. The molecule has 2 aliphatic rings. The van der Waals surface area contributed by atoms with Crippen LogP contribution < -0.4 is 0 Å². The van der Waals surface area contributed by atoms with Crippen LogP contribution in [0.3, 0.4) is 0 Å². The average molecular weight is 497 g/mol. The zero-order chi connectivity index (χ0) is 24.8. The van der Waals surface area contributed by atoms with Crippen molar-refractivity contribution in [3.63, 3.8) is 0 Å². The summed E-state index contributed by atoms with van der Waals surface area (Å²) < 4.78 is 17.5. The average Bonchev–Trinajstić information content (AvgIpc) is 3.13. The predicted molar refractivity (Wildman–Crippen MR) is 139 cm³/mol. The van der Waals surface area contributed by atoms with E-state index in [2.05, 4.69) is 47.7 Å². The number of carbonyl (C=O) groups excluding carboxylic acids is 2. The maximum Gasteiger partial charge on any atom is 0.335 e. The van der Waals surface area contributed by atoms with E-state index in [1.807, 2.05) is 6.26 Å². The first kappa shape index (κ1) is 28.2. The van der Waals surface area contributed by atoms with E-state index < -0.39 is 8.32 Å². The lowest BCUT2D eigenvalue weighted by Crippen LogP contribution is -2.41. The smallest absolute Gasteiger partial charge is 0.335 e. The molecule has 0 saturated carbocycles. The molecule has 0 aromatic rings. The molecule has 0 aromatic heterocycles. The molecule has 2 rings (SSSR count). The Hall–Kier alpha value is -1.05. The van der Waals surface area contributed by atoms with E-state index in [0.717, 1.165) is 32.1 Å². The van der Waals surface area contributed by atoms with Gasteiger partial charge in [0.25, 0.3) is 0 Å². The van der Waals surface area contributed by atoms with E-state index in [1.165, 1.54) is 22.9 Å². The maximum atomic E-state index is 12.9. The van der Waals surface area contributed by atoms with Gasteiger partial charge < -0.3 is 13.9 Å². The summed E-state index contributed by atoms with van der Waals surface area (Å²) in [6, 6.07) is 0. The van der Waals surface area contributed by atoms with Crippen LogP contribution in [0, 0.1) is 11.8 Å². The molecule has 0 bridgehead atoms. The molecule has 2 aliphatic carbocycles. The molecule has 0 saturated heterocycles. The molecular weight excluding hydrogens is 452 g/mol. The lowest BCUT2D eigenvalue weighted by Gasteiger charge is -2.36. The van der Waals surface area contributed by atoms with Crippen molar-refractivity contribution in [1.82, 2.24) is 0 Å². The number of esters is 2. The third kappa shape index (κ3) is 7.22. The summed E-state index contributed by atoms with van der Waals surface area (Å²) >= 11 is 1.45. The van der Waals surface area contributed by atoms with Gasteiger partial charge in [0.05, 0.1) is 12.2 Å². The second kappa shape index (κ2) is 12.1. The summed E-state index contributed by atoms with van der Waals surface area (Å²) in [4.78, 5) is 25.4. The van der Waals surface area contributed by atoms with E-state index >= 15 is 0 Å². The summed E-state index contributed by atoms with van der Waals surface area (Å²) in [7, 11) is -1.84. The molecule has 7 heteroatoms. The highest BCUT2D eigenvalue weighted by Crippen LogP contribution is 2.41. The summed E-state index contributed by atoms with van der Waals surface area (Å²) in [6.07, 6.45) is 7.43. The molecule has 0 amide bonds. The first-order chi connectivity index (χ1) is 15.4. The summed E-state index contributed by atoms with van der Waals surface area (Å²) in [5.41, 5.74) is 3.53. The molecule has 0 N–H and O–H groups in total. The minimum atomic E-state index is -1.84. The normalized spacial score (nSPS) is 21.3. The lowest BCUT2D eigenvalue weighted by molar-refractivity contribution is -0.142. The fraction of sp³-hybridized carbons (Fsp3) is 0.769. The van der Waals surface area contributed by atoms with Crippen LogP contribution in [0.5, 0.6) is 0 Å². The van der Waals surface area contributed by atoms with E-state index in [0.29, 0.717) is 42.6 Å². The molecule has 0 aliphatic heterocycles. The van der Waals surface area contributed by atoms with Crippen LogP contribution in [0.1, 0.15) is 73.1 Å². The van der Waals surface area contributed by atoms with Gasteiger partial charge in [-0.3, -0.25) is 0 Å². The Labute approximate surface area is 206 Å². The van der Waals surface area contributed by atoms with Gasteiger partial charge in [-0.05, 0) is 73.1 Å². The molecule has 188 valence electrons. The zero-order valence-electron chi connectivity index (χ0n) is 22.0. The molecule has 0 fully saturated rings. The predicted octanol–water partition coefficient (Wildman–Crippen LogP) is 6.65. The standard InChI is InChI=1S/C26H44O5SSi/c1-9-11-19-14-22(23(19)25(28)30-17-32-6)24(27)29-15-20-12-18(10-2)13-21(20)16-31-33(7,8)26(3,4)5/h18-19H,9-17H2,1-8H3/t18-,19?/m0/s1. The Morgan fingerprint density at radius 2 is 1.64 bits per heavy atom. The van der Waals surface area contributed by atoms with Gasteiger partial charge in [0.2, 0.25) is 0 Å². The first-order valence-electron chi connectivity index (χ1n) is 12.3. The lowest BCUT2D eigenvalue weighted by atomic mass is 9.75. The fourth-order valence-electron chi connectivity index (χ4n) is 4.23. The van der Waals surface area contributed by atoms with Gasteiger partial charge in [-0.25, -0.2) is 9.59 Å². The SMILES string of the molecule is CCCC1CC(C(=O)OCC2=C(CO[Si](C)(C)C(C)(C)C)C[C@@H](CC)C2)=C1C(=O)OCSC. The van der Waals surface area contributed by atoms with Gasteiger partial charge in [-0.2, -0.15) is 0 Å². The van der Waals surface area contributed by atoms with Gasteiger partial charge >= 0.3 is 11.9 Å². The molecule has 5 nitrogen and oxygen atoms in total. The molecule has 0 heterocycles. The van der Waals surface area contributed by atoms with Crippen LogP contribution in [0.25, 0.3) is 0 Å². The highest BCUT2D eigenvalue weighted by molar-refractivity contribution is 7.98. The number of thioether (sulfide) groups is 1. The van der Waals surface area contributed by atoms with E-state index in [-0.39, 0.29) is 22.9 Å². The molecule has 0 aromatic carbocycles. The quantitative estimate of drug-likeness (QED) is 0.130. The topological polar surface area (TPSA) is 61.8 Å². The number of carbonyl (C=O) groups is 2. The zero-order valence-corrected chi connectivity index (χ0v) is 23.8. The van der Waals surface area contributed by atoms with Crippen molar-refractivity contribution in [1.29, 1.82) is 0 Å². The van der Waals surface area contributed by atoms with Crippen LogP contribution in [0.15, 0.2) is 22.3 Å². The third-order valence-electron chi connectivity index (χ3n) is 7.53. The number of rotatable bonds is 12. The van der Waals surface area contributed by atoms with Crippen molar-refractivity contribution in [3.05, 3.63) is 22.3 Å². The summed E-state index contributed by atoms with van der Waals surface area (Å²) in [5.74, 6) is 0.263. The van der Waals surface area contributed by atoms with Crippen LogP contribution in [0.2, 0.25) is 18.1 Å². The van der Waals surface area contributed by atoms with Crippen molar-refractivity contribution < 1.29 is 23.5 Å². The van der Waals surface area contributed by atoms with E-state index in [1.54, 1.807) is 0 Å². The minimum Gasteiger partial charge on any atom is -0.458 e. The van der Waals surface area contributed by atoms with Gasteiger partial charge in [-0.15, -0.1) is 11.8 Å². The van der Waals surface area contributed by atoms with Gasteiger partial charge in [0, 0.05) is 5.57 Å². The Bertz CT molecular complexity index is 778. The molecule has 0 radical (unpaired) electrons. The van der Waals surface area contributed by atoms with Crippen molar-refractivity contribution >= 4 is 32.0 Å². The van der Waals surface area contributed by atoms with Crippen LogP contribution in [0.4, 0.5) is 0 Å². The van der Waals surface area contributed by atoms with Crippen LogP contribution >= 0.6 is 11.8 Å². The van der Waals surface area contributed by atoms with Crippen molar-refractivity contribution in [2.45, 2.75) is 91.3 Å². The van der Waals surface area contributed by atoms with Crippen molar-refractivity contribution in [3.8, 4) is 0 Å². The minimum absolute atomic E-state index is 0.107. The molecular formula is C26H44O5SSi. The monoisotopic (exact) mass is 496 g/mol. The Morgan fingerprint density at radius 3 is 2.18 bits per heavy atom. The van der Waals surface area contributed by atoms with Crippen LogP contribution in [-0.4, -0.2) is 45.7 Å². The Morgan fingerprint density at radius 1 is 1.00 bits per heavy atom. The number of ether oxygens (including phenoxy) is 2. The molecule has 0 spiro atoms. The number of hydrogen-bond acceptors (Lipinski definition) is 6. The maximum absolute atomic E-state index is 12.9. The van der Waals surface area contributed by atoms with Crippen LogP contribution in [-0.2, 0) is 23.5 Å². The third-order valence-corrected chi connectivity index (χ3v) is 12.4. The molecule has 33 heavy (non-hydrogen) atoms. The van der Waals surface area contributed by atoms with Crippen molar-refractivity contribution in [2.24, 2.45) is 11.8 Å². The highest BCUT2D eigenvalue weighted by atomic mass is 32.2. The van der Waals surface area contributed by atoms with Gasteiger partial charge in [0.1, 0.15) is 12.5 Å². The number of hydrogen-bond donors (Lipinski definition) is 0. The summed E-state index contributed by atoms with van der Waals surface area (Å²) in [6.45, 7) is 16.5. The van der Waals surface area contributed by atoms with E-state index in [9.17, 15) is 9.59 Å².